The average Bonchev–Trinajstić information content (AvgIpc) is 2.74. The second-order valence-electron chi connectivity index (χ2n) is 6.13. The van der Waals surface area contributed by atoms with E-state index in [9.17, 15) is 24.5 Å². The molecule has 0 radical (unpaired) electrons. The van der Waals surface area contributed by atoms with Crippen LogP contribution in [0.15, 0.2) is 69.1 Å². The van der Waals surface area contributed by atoms with Gasteiger partial charge in [-0.05, 0) is 18.2 Å². The lowest BCUT2D eigenvalue weighted by Gasteiger charge is -2.05. The minimum Gasteiger partial charge on any atom is -0.463 e. The normalized spacial score (nSPS) is 10.8. The van der Waals surface area contributed by atoms with Crippen molar-refractivity contribution in [2.24, 2.45) is 5.10 Å². The van der Waals surface area contributed by atoms with Crippen LogP contribution in [-0.4, -0.2) is 23.0 Å². The Kier molecular flexibility index (Phi) is 6.28. The lowest BCUT2D eigenvalue weighted by molar-refractivity contribution is -0.383. The zero-order valence-electron chi connectivity index (χ0n) is 15.5. The van der Waals surface area contributed by atoms with Crippen LogP contribution >= 0.6 is 0 Å². The number of nitro groups is 1. The molecule has 0 fully saturated rings. The van der Waals surface area contributed by atoms with Gasteiger partial charge < -0.3 is 9.73 Å². The van der Waals surface area contributed by atoms with Crippen molar-refractivity contribution < 1.29 is 18.9 Å². The van der Waals surface area contributed by atoms with E-state index in [1.54, 1.807) is 30.3 Å². The molecule has 10 heteroatoms. The first-order valence-corrected chi connectivity index (χ1v) is 8.81. The van der Waals surface area contributed by atoms with Crippen molar-refractivity contribution in [1.29, 1.82) is 0 Å². The zero-order valence-corrected chi connectivity index (χ0v) is 15.5. The predicted octanol–water partition coefficient (Wildman–Crippen LogP) is 2.57. The number of benzene rings is 2. The third-order valence-corrected chi connectivity index (χ3v) is 4.05. The van der Waals surface area contributed by atoms with Gasteiger partial charge in [0.15, 0.2) is 0 Å². The molecule has 0 unspecified atom stereocenters. The van der Waals surface area contributed by atoms with Crippen LogP contribution in [0.4, 0.5) is 11.4 Å². The molecule has 10 nitrogen and oxygen atoms in total. The maximum atomic E-state index is 12.3. The van der Waals surface area contributed by atoms with Gasteiger partial charge in [0.2, 0.25) is 17.2 Å². The fourth-order valence-corrected chi connectivity index (χ4v) is 2.59. The molecule has 0 aliphatic carbocycles. The fraction of sp³-hybridized carbons (Fsp3) is 0.100. The van der Waals surface area contributed by atoms with E-state index in [0.717, 1.165) is 6.21 Å². The highest BCUT2D eigenvalue weighted by molar-refractivity contribution is 5.95. The molecule has 3 aromatic rings. The van der Waals surface area contributed by atoms with Gasteiger partial charge in [-0.15, -0.1) is 0 Å². The van der Waals surface area contributed by atoms with Crippen LogP contribution < -0.4 is 16.2 Å². The van der Waals surface area contributed by atoms with Gasteiger partial charge in [-0.2, -0.15) is 5.10 Å². The van der Waals surface area contributed by atoms with E-state index < -0.39 is 16.7 Å². The highest BCUT2D eigenvalue weighted by Crippen LogP contribution is 2.23. The molecule has 2 N–H and O–H groups in total. The number of carbonyl (C=O) groups excluding carboxylic acids is 2. The summed E-state index contributed by atoms with van der Waals surface area (Å²) in [5, 5.41) is 17.4. The number of para-hydroxylation sites is 3. The van der Waals surface area contributed by atoms with Crippen LogP contribution in [-0.2, 0) is 9.59 Å². The van der Waals surface area contributed by atoms with Crippen molar-refractivity contribution in [1.82, 2.24) is 5.43 Å². The SMILES string of the molecule is O=C(CCC(=O)Nc1ccccc1[N+](=O)[O-])NN=Cc1coc2ccccc2c1=O. The zero-order chi connectivity index (χ0) is 21.5. The number of fused-ring (bicyclic) bond motifs is 1. The Labute approximate surface area is 169 Å². The number of hydrazone groups is 1. The first kappa shape index (κ1) is 20.4. The number of hydrogen-bond acceptors (Lipinski definition) is 7. The Bertz CT molecular complexity index is 1200. The number of amides is 2. The summed E-state index contributed by atoms with van der Waals surface area (Å²) in [5.41, 5.74) is 2.33. The third kappa shape index (κ3) is 4.93. The molecule has 30 heavy (non-hydrogen) atoms. The highest BCUT2D eigenvalue weighted by atomic mass is 16.6. The van der Waals surface area contributed by atoms with E-state index in [1.807, 2.05) is 0 Å². The van der Waals surface area contributed by atoms with Gasteiger partial charge in [-0.3, -0.25) is 24.5 Å². The van der Waals surface area contributed by atoms with Gasteiger partial charge in [-0.1, -0.05) is 24.3 Å². The molecule has 0 bridgehead atoms. The van der Waals surface area contributed by atoms with Crippen molar-refractivity contribution in [3.63, 3.8) is 0 Å². The van der Waals surface area contributed by atoms with Gasteiger partial charge in [0.25, 0.3) is 5.69 Å². The second kappa shape index (κ2) is 9.24. The Hall–Kier alpha value is -4.34. The molecule has 0 aliphatic heterocycles. The fourth-order valence-electron chi connectivity index (χ4n) is 2.59. The number of carbonyl (C=O) groups is 2. The quantitative estimate of drug-likeness (QED) is 0.349. The molecular formula is C20H16N4O6. The molecule has 0 spiro atoms. The van der Waals surface area contributed by atoms with Crippen molar-refractivity contribution in [3.8, 4) is 0 Å². The largest absolute Gasteiger partial charge is 0.463 e. The maximum Gasteiger partial charge on any atom is 0.292 e. The molecule has 0 saturated carbocycles. The first-order valence-electron chi connectivity index (χ1n) is 8.81. The maximum absolute atomic E-state index is 12.3. The highest BCUT2D eigenvalue weighted by Gasteiger charge is 2.15. The van der Waals surface area contributed by atoms with Crippen LogP contribution in [0, 0.1) is 10.1 Å². The molecule has 0 saturated heterocycles. The van der Waals surface area contributed by atoms with Gasteiger partial charge >= 0.3 is 0 Å². The number of rotatable bonds is 7. The molecular weight excluding hydrogens is 392 g/mol. The summed E-state index contributed by atoms with van der Waals surface area (Å²) in [4.78, 5) is 46.4. The standard InChI is InChI=1S/C20H16N4O6/c25-18(22-15-6-2-3-7-16(15)24(28)29)9-10-19(26)23-21-11-13-12-30-17-8-4-1-5-14(17)20(13)27/h1-8,11-12H,9-10H2,(H,22,25)(H,23,26). The number of anilines is 1. The van der Waals surface area contributed by atoms with E-state index >= 15 is 0 Å². The summed E-state index contributed by atoms with van der Waals surface area (Å²) < 4.78 is 5.34. The molecule has 0 aliphatic rings. The smallest absolute Gasteiger partial charge is 0.292 e. The van der Waals surface area contributed by atoms with Crippen molar-refractivity contribution in [2.45, 2.75) is 12.8 Å². The topological polar surface area (TPSA) is 144 Å². The lowest BCUT2D eigenvalue weighted by Crippen LogP contribution is -2.21. The summed E-state index contributed by atoms with van der Waals surface area (Å²) in [5.74, 6) is -1.12. The van der Waals surface area contributed by atoms with E-state index in [4.69, 9.17) is 4.42 Å². The summed E-state index contributed by atoms with van der Waals surface area (Å²) in [6.07, 6.45) is 1.99. The monoisotopic (exact) mass is 408 g/mol. The summed E-state index contributed by atoms with van der Waals surface area (Å²) >= 11 is 0. The summed E-state index contributed by atoms with van der Waals surface area (Å²) in [6.45, 7) is 0. The third-order valence-electron chi connectivity index (χ3n) is 4.05. The van der Waals surface area contributed by atoms with Crippen molar-refractivity contribution in [3.05, 3.63) is 80.7 Å². The average molecular weight is 408 g/mol. The Morgan fingerprint density at radius 2 is 1.77 bits per heavy atom. The van der Waals surface area contributed by atoms with Gasteiger partial charge in [0.05, 0.1) is 22.1 Å². The van der Waals surface area contributed by atoms with Crippen LogP contribution in [0.25, 0.3) is 11.0 Å². The van der Waals surface area contributed by atoms with Gasteiger partial charge in [0.1, 0.15) is 17.5 Å². The molecule has 1 heterocycles. The minimum absolute atomic E-state index is 0.0500. The number of hydrogen-bond donors (Lipinski definition) is 2. The second-order valence-corrected chi connectivity index (χ2v) is 6.13. The Morgan fingerprint density at radius 3 is 2.57 bits per heavy atom. The summed E-state index contributed by atoms with van der Waals surface area (Å²) in [7, 11) is 0. The molecule has 152 valence electrons. The molecule has 0 atom stereocenters. The molecule has 3 rings (SSSR count). The van der Waals surface area contributed by atoms with Crippen LogP contribution in [0.3, 0.4) is 0 Å². The Morgan fingerprint density at radius 1 is 1.07 bits per heavy atom. The number of nitro benzene ring substituents is 1. The van der Waals surface area contributed by atoms with Crippen LogP contribution in [0.2, 0.25) is 0 Å². The Balaban J connectivity index is 1.53. The lowest BCUT2D eigenvalue weighted by atomic mass is 10.2. The van der Waals surface area contributed by atoms with E-state index in [2.05, 4.69) is 15.8 Å². The number of nitrogens with zero attached hydrogens (tertiary/aromatic N) is 2. The van der Waals surface area contributed by atoms with E-state index in [1.165, 1.54) is 24.5 Å². The van der Waals surface area contributed by atoms with Crippen LogP contribution in [0.5, 0.6) is 0 Å². The molecule has 2 amide bonds. The molecule has 1 aromatic heterocycles. The molecule has 2 aromatic carbocycles. The van der Waals surface area contributed by atoms with E-state index in [-0.39, 0.29) is 35.2 Å². The van der Waals surface area contributed by atoms with Crippen LogP contribution in [0.1, 0.15) is 18.4 Å². The van der Waals surface area contributed by atoms with Crippen molar-refractivity contribution >= 4 is 40.4 Å². The first-order chi connectivity index (χ1) is 14.5. The minimum atomic E-state index is -0.611. The van der Waals surface area contributed by atoms with Gasteiger partial charge in [-0.25, -0.2) is 5.43 Å². The van der Waals surface area contributed by atoms with E-state index in [0.29, 0.717) is 11.0 Å². The predicted molar refractivity (Wildman–Crippen MR) is 109 cm³/mol. The van der Waals surface area contributed by atoms with Gasteiger partial charge in [0, 0.05) is 18.9 Å². The number of nitrogens with one attached hydrogen (secondary N) is 2. The van der Waals surface area contributed by atoms with Crippen molar-refractivity contribution in [2.75, 3.05) is 5.32 Å². The summed E-state index contributed by atoms with van der Waals surface area (Å²) in [6, 6.07) is 12.4.